The highest BCUT2D eigenvalue weighted by Gasteiger charge is 2.23. The van der Waals surface area contributed by atoms with Crippen molar-refractivity contribution in [1.29, 1.82) is 5.26 Å². The molecular weight excluding hydrogens is 275 g/mol. The van der Waals surface area contributed by atoms with Crippen molar-refractivity contribution in [3.8, 4) is 6.07 Å². The van der Waals surface area contributed by atoms with Gasteiger partial charge in [0.2, 0.25) is 5.91 Å². The molecule has 0 aliphatic carbocycles. The first-order chi connectivity index (χ1) is 9.64. The maximum Gasteiger partial charge on any atom is 0.326 e. The molecule has 1 amide bonds. The fourth-order valence-corrected chi connectivity index (χ4v) is 1.69. The standard InChI is InChI=1S/C15H17FN2O3/c1-10(19)18(9-14(20)21-15(2,3)4)13-7-12(16)6-5-11(13)8-17/h5-7H,9H2,1-4H3. The number of carbonyl (C=O) groups excluding carboxylic acids is 2. The van der Waals surface area contributed by atoms with Gasteiger partial charge in [0, 0.05) is 6.92 Å². The molecule has 0 fully saturated rings. The summed E-state index contributed by atoms with van der Waals surface area (Å²) < 4.78 is 18.5. The van der Waals surface area contributed by atoms with E-state index in [2.05, 4.69) is 0 Å². The lowest BCUT2D eigenvalue weighted by molar-refractivity contribution is -0.153. The third-order valence-electron chi connectivity index (χ3n) is 2.46. The third kappa shape index (κ3) is 4.88. The van der Waals surface area contributed by atoms with Crippen molar-refractivity contribution >= 4 is 17.6 Å². The first-order valence-electron chi connectivity index (χ1n) is 6.33. The number of rotatable bonds is 3. The number of esters is 1. The Morgan fingerprint density at radius 1 is 1.38 bits per heavy atom. The Bertz CT molecular complexity index is 600. The molecule has 5 nitrogen and oxygen atoms in total. The third-order valence-corrected chi connectivity index (χ3v) is 2.46. The monoisotopic (exact) mass is 292 g/mol. The van der Waals surface area contributed by atoms with Gasteiger partial charge in [-0.1, -0.05) is 0 Å². The maximum absolute atomic E-state index is 13.4. The molecular formula is C15H17FN2O3. The van der Waals surface area contributed by atoms with E-state index in [4.69, 9.17) is 10.00 Å². The van der Waals surface area contributed by atoms with Gasteiger partial charge in [0.25, 0.3) is 0 Å². The molecule has 6 heteroatoms. The molecule has 0 saturated heterocycles. The summed E-state index contributed by atoms with van der Waals surface area (Å²) in [5.74, 6) is -1.71. The second-order valence-electron chi connectivity index (χ2n) is 5.46. The molecule has 0 heterocycles. The number of ether oxygens (including phenoxy) is 1. The van der Waals surface area contributed by atoms with Crippen LogP contribution in [0.4, 0.5) is 10.1 Å². The molecule has 21 heavy (non-hydrogen) atoms. The summed E-state index contributed by atoms with van der Waals surface area (Å²) >= 11 is 0. The van der Waals surface area contributed by atoms with Gasteiger partial charge in [-0.15, -0.1) is 0 Å². The van der Waals surface area contributed by atoms with Crippen LogP contribution in [-0.4, -0.2) is 24.0 Å². The van der Waals surface area contributed by atoms with Crippen molar-refractivity contribution < 1.29 is 18.7 Å². The molecule has 0 unspecified atom stereocenters. The van der Waals surface area contributed by atoms with E-state index in [1.165, 1.54) is 13.0 Å². The fourth-order valence-electron chi connectivity index (χ4n) is 1.69. The van der Waals surface area contributed by atoms with E-state index in [0.29, 0.717) is 0 Å². The number of nitriles is 1. The lowest BCUT2D eigenvalue weighted by atomic mass is 10.1. The Balaban J connectivity index is 3.09. The SMILES string of the molecule is CC(=O)N(CC(=O)OC(C)(C)C)c1cc(F)ccc1C#N. The van der Waals surface area contributed by atoms with Crippen molar-refractivity contribution in [2.24, 2.45) is 0 Å². The van der Waals surface area contributed by atoms with E-state index in [-0.39, 0.29) is 17.8 Å². The smallest absolute Gasteiger partial charge is 0.326 e. The topological polar surface area (TPSA) is 70.4 Å². The first-order valence-corrected chi connectivity index (χ1v) is 6.33. The van der Waals surface area contributed by atoms with Gasteiger partial charge in [-0.25, -0.2) is 4.39 Å². The quantitative estimate of drug-likeness (QED) is 0.802. The van der Waals surface area contributed by atoms with E-state index >= 15 is 0 Å². The Morgan fingerprint density at radius 2 is 2.00 bits per heavy atom. The predicted molar refractivity (Wildman–Crippen MR) is 75.0 cm³/mol. The molecule has 0 aliphatic rings. The molecule has 0 aromatic heterocycles. The van der Waals surface area contributed by atoms with Crippen LogP contribution in [0.25, 0.3) is 0 Å². The lowest BCUT2D eigenvalue weighted by Crippen LogP contribution is -2.38. The van der Waals surface area contributed by atoms with Crippen LogP contribution in [0.2, 0.25) is 0 Å². The summed E-state index contributed by atoms with van der Waals surface area (Å²) in [6, 6.07) is 5.29. The fraction of sp³-hybridized carbons (Fsp3) is 0.400. The number of halogens is 1. The van der Waals surface area contributed by atoms with Crippen LogP contribution in [0.15, 0.2) is 18.2 Å². The molecule has 0 bridgehead atoms. The van der Waals surface area contributed by atoms with Crippen molar-refractivity contribution in [2.45, 2.75) is 33.3 Å². The van der Waals surface area contributed by atoms with Crippen LogP contribution < -0.4 is 4.90 Å². The number of amides is 1. The highest BCUT2D eigenvalue weighted by atomic mass is 19.1. The molecule has 0 atom stereocenters. The van der Waals surface area contributed by atoms with Gasteiger partial charge in [-0.3, -0.25) is 14.5 Å². The van der Waals surface area contributed by atoms with Crippen molar-refractivity contribution in [1.82, 2.24) is 0 Å². The average molecular weight is 292 g/mol. The average Bonchev–Trinajstić information content (AvgIpc) is 2.33. The Hall–Kier alpha value is -2.42. The van der Waals surface area contributed by atoms with Crippen molar-refractivity contribution in [2.75, 3.05) is 11.4 Å². The number of carbonyl (C=O) groups is 2. The highest BCUT2D eigenvalue weighted by Crippen LogP contribution is 2.22. The molecule has 0 saturated carbocycles. The lowest BCUT2D eigenvalue weighted by Gasteiger charge is -2.25. The molecule has 0 radical (unpaired) electrons. The zero-order chi connectivity index (χ0) is 16.2. The number of hydrogen-bond donors (Lipinski definition) is 0. The van der Waals surface area contributed by atoms with Crippen LogP contribution in [-0.2, 0) is 14.3 Å². The Labute approximate surface area is 122 Å². The van der Waals surface area contributed by atoms with Crippen LogP contribution in [0.5, 0.6) is 0 Å². The zero-order valence-electron chi connectivity index (χ0n) is 12.4. The molecule has 1 aromatic carbocycles. The van der Waals surface area contributed by atoms with Crippen LogP contribution in [0.1, 0.15) is 33.3 Å². The number of benzene rings is 1. The molecule has 0 spiro atoms. The normalized spacial score (nSPS) is 10.7. The van der Waals surface area contributed by atoms with Gasteiger partial charge < -0.3 is 4.74 Å². The summed E-state index contributed by atoms with van der Waals surface area (Å²) in [7, 11) is 0. The van der Waals surface area contributed by atoms with Crippen molar-refractivity contribution in [3.63, 3.8) is 0 Å². The summed E-state index contributed by atoms with van der Waals surface area (Å²) in [6.07, 6.45) is 0. The molecule has 0 N–H and O–H groups in total. The van der Waals surface area contributed by atoms with Crippen molar-refractivity contribution in [3.05, 3.63) is 29.6 Å². The zero-order valence-corrected chi connectivity index (χ0v) is 12.4. The van der Waals surface area contributed by atoms with Gasteiger partial charge >= 0.3 is 5.97 Å². The summed E-state index contributed by atoms with van der Waals surface area (Å²) in [5.41, 5.74) is -0.537. The van der Waals surface area contributed by atoms with Crippen LogP contribution >= 0.6 is 0 Å². The van der Waals surface area contributed by atoms with Gasteiger partial charge in [0.05, 0.1) is 11.3 Å². The van der Waals surface area contributed by atoms with Gasteiger partial charge in [0.1, 0.15) is 24.0 Å². The van der Waals surface area contributed by atoms with E-state index in [1.54, 1.807) is 20.8 Å². The van der Waals surface area contributed by atoms with Crippen LogP contribution in [0, 0.1) is 17.1 Å². The predicted octanol–water partition coefficient (Wildman–Crippen LogP) is 2.39. The Morgan fingerprint density at radius 3 is 2.48 bits per heavy atom. The van der Waals surface area contributed by atoms with Gasteiger partial charge in [-0.2, -0.15) is 5.26 Å². The minimum Gasteiger partial charge on any atom is -0.459 e. The maximum atomic E-state index is 13.4. The molecule has 0 aliphatic heterocycles. The molecule has 1 aromatic rings. The summed E-state index contributed by atoms with van der Waals surface area (Å²) in [6.45, 7) is 5.95. The van der Waals surface area contributed by atoms with Gasteiger partial charge in [-0.05, 0) is 39.0 Å². The largest absolute Gasteiger partial charge is 0.459 e. The number of hydrogen-bond acceptors (Lipinski definition) is 4. The first kappa shape index (κ1) is 16.6. The molecule has 1 rings (SSSR count). The number of anilines is 1. The van der Waals surface area contributed by atoms with E-state index in [0.717, 1.165) is 17.0 Å². The Kier molecular flexibility index (Phi) is 5.03. The minimum atomic E-state index is -0.695. The van der Waals surface area contributed by atoms with Gasteiger partial charge in [0.15, 0.2) is 0 Å². The second kappa shape index (κ2) is 6.35. The summed E-state index contributed by atoms with van der Waals surface area (Å²) in [4.78, 5) is 24.6. The second-order valence-corrected chi connectivity index (χ2v) is 5.46. The summed E-state index contributed by atoms with van der Waals surface area (Å²) in [5, 5.41) is 9.03. The van der Waals surface area contributed by atoms with E-state index < -0.39 is 23.3 Å². The number of nitrogens with zero attached hydrogens (tertiary/aromatic N) is 2. The van der Waals surface area contributed by atoms with E-state index in [9.17, 15) is 14.0 Å². The molecule has 112 valence electrons. The van der Waals surface area contributed by atoms with E-state index in [1.807, 2.05) is 6.07 Å². The minimum absolute atomic E-state index is 0.0517. The highest BCUT2D eigenvalue weighted by molar-refractivity contribution is 5.97. The van der Waals surface area contributed by atoms with Crippen LogP contribution in [0.3, 0.4) is 0 Å².